The molecule has 1 aromatic rings. The summed E-state index contributed by atoms with van der Waals surface area (Å²) in [5, 5.41) is 6.13. The normalized spacial score (nSPS) is 19.6. The number of esters is 1. The molecule has 1 aliphatic heterocycles. The van der Waals surface area contributed by atoms with E-state index in [1.54, 1.807) is 0 Å². The molecule has 0 spiro atoms. The van der Waals surface area contributed by atoms with Crippen LogP contribution in [-0.4, -0.2) is 36.8 Å². The van der Waals surface area contributed by atoms with E-state index in [0.29, 0.717) is 12.6 Å². The molecule has 1 fully saturated rings. The summed E-state index contributed by atoms with van der Waals surface area (Å²) in [4.78, 5) is 16.5. The SMILES string of the molecule is CCOC(=O)C(C)(C)c1csc(NC2CCCOC2)n1. The highest BCUT2D eigenvalue weighted by atomic mass is 32.1. The topological polar surface area (TPSA) is 60.5 Å². The van der Waals surface area contributed by atoms with Crippen LogP contribution < -0.4 is 5.32 Å². The van der Waals surface area contributed by atoms with E-state index < -0.39 is 5.41 Å². The van der Waals surface area contributed by atoms with Crippen LogP contribution in [0.5, 0.6) is 0 Å². The van der Waals surface area contributed by atoms with Gasteiger partial charge < -0.3 is 14.8 Å². The van der Waals surface area contributed by atoms with Gasteiger partial charge in [0.05, 0.1) is 24.9 Å². The number of anilines is 1. The summed E-state index contributed by atoms with van der Waals surface area (Å²) in [6.45, 7) is 7.44. The summed E-state index contributed by atoms with van der Waals surface area (Å²) >= 11 is 1.52. The Bertz CT molecular complexity index is 453. The molecule has 1 unspecified atom stereocenters. The predicted molar refractivity (Wildman–Crippen MR) is 79.2 cm³/mol. The van der Waals surface area contributed by atoms with Crippen LogP contribution in [0.4, 0.5) is 5.13 Å². The van der Waals surface area contributed by atoms with Gasteiger partial charge in [0.25, 0.3) is 0 Å². The minimum absolute atomic E-state index is 0.238. The van der Waals surface area contributed by atoms with E-state index in [4.69, 9.17) is 9.47 Å². The molecule has 1 aliphatic rings. The van der Waals surface area contributed by atoms with E-state index in [1.807, 2.05) is 26.2 Å². The van der Waals surface area contributed by atoms with Crippen LogP contribution in [0.2, 0.25) is 0 Å². The quantitative estimate of drug-likeness (QED) is 0.847. The second-order valence-corrected chi connectivity index (χ2v) is 6.30. The maximum atomic E-state index is 12.0. The van der Waals surface area contributed by atoms with Crippen molar-refractivity contribution < 1.29 is 14.3 Å². The first kappa shape index (κ1) is 15.3. The number of nitrogens with one attached hydrogen (secondary N) is 1. The van der Waals surface area contributed by atoms with Gasteiger partial charge >= 0.3 is 5.97 Å². The Kier molecular flexibility index (Phi) is 4.99. The minimum atomic E-state index is -0.713. The zero-order valence-corrected chi connectivity index (χ0v) is 13.1. The molecule has 1 atom stereocenters. The van der Waals surface area contributed by atoms with E-state index in [1.165, 1.54) is 11.3 Å². The van der Waals surface area contributed by atoms with Crippen LogP contribution in [-0.2, 0) is 19.7 Å². The Labute approximate surface area is 123 Å². The van der Waals surface area contributed by atoms with Crippen molar-refractivity contribution in [3.63, 3.8) is 0 Å². The number of carbonyl (C=O) groups is 1. The number of aromatic nitrogens is 1. The summed E-state index contributed by atoms with van der Waals surface area (Å²) in [6, 6.07) is 0.313. The molecule has 112 valence electrons. The first-order valence-corrected chi connectivity index (χ1v) is 7.89. The molecule has 1 N–H and O–H groups in total. The average Bonchev–Trinajstić information content (AvgIpc) is 2.89. The van der Waals surface area contributed by atoms with E-state index in [-0.39, 0.29) is 5.97 Å². The number of thiazole rings is 1. The molecular weight excluding hydrogens is 276 g/mol. The van der Waals surface area contributed by atoms with Crippen molar-refractivity contribution in [3.8, 4) is 0 Å². The van der Waals surface area contributed by atoms with Gasteiger partial charge in [-0.1, -0.05) is 0 Å². The lowest BCUT2D eigenvalue weighted by atomic mass is 9.90. The van der Waals surface area contributed by atoms with Crippen LogP contribution in [0.25, 0.3) is 0 Å². The van der Waals surface area contributed by atoms with Crippen molar-refractivity contribution in [1.82, 2.24) is 4.98 Å². The zero-order chi connectivity index (χ0) is 14.6. The van der Waals surface area contributed by atoms with Crippen molar-refractivity contribution in [2.45, 2.75) is 45.1 Å². The molecule has 0 aliphatic carbocycles. The highest BCUT2D eigenvalue weighted by Crippen LogP contribution is 2.29. The Morgan fingerprint density at radius 1 is 1.65 bits per heavy atom. The number of hydrogen-bond donors (Lipinski definition) is 1. The monoisotopic (exact) mass is 298 g/mol. The maximum Gasteiger partial charge on any atom is 0.317 e. The van der Waals surface area contributed by atoms with Crippen LogP contribution in [0.3, 0.4) is 0 Å². The van der Waals surface area contributed by atoms with Crippen LogP contribution in [0.1, 0.15) is 39.3 Å². The van der Waals surface area contributed by atoms with Crippen molar-refractivity contribution in [2.24, 2.45) is 0 Å². The standard InChI is InChI=1S/C14H22N2O3S/c1-4-19-12(17)14(2,3)11-9-20-13(16-11)15-10-6-5-7-18-8-10/h9-10H,4-8H2,1-3H3,(H,15,16). The second-order valence-electron chi connectivity index (χ2n) is 5.44. The molecule has 0 bridgehead atoms. The summed E-state index contributed by atoms with van der Waals surface area (Å²) in [5.41, 5.74) is 0.0374. The average molecular weight is 298 g/mol. The molecule has 0 saturated carbocycles. The van der Waals surface area contributed by atoms with Crippen LogP contribution in [0, 0.1) is 0 Å². The number of carbonyl (C=O) groups excluding carboxylic acids is 1. The second kappa shape index (κ2) is 6.54. The van der Waals surface area contributed by atoms with Crippen molar-refractivity contribution >= 4 is 22.4 Å². The van der Waals surface area contributed by atoms with Gasteiger partial charge in [-0.3, -0.25) is 4.79 Å². The van der Waals surface area contributed by atoms with E-state index >= 15 is 0 Å². The summed E-state index contributed by atoms with van der Waals surface area (Å²) < 4.78 is 10.5. The number of nitrogens with zero attached hydrogens (tertiary/aromatic N) is 1. The van der Waals surface area contributed by atoms with Crippen molar-refractivity contribution in [1.29, 1.82) is 0 Å². The van der Waals surface area contributed by atoms with Gasteiger partial charge in [-0.15, -0.1) is 11.3 Å². The lowest BCUT2D eigenvalue weighted by Gasteiger charge is -2.23. The Morgan fingerprint density at radius 2 is 2.45 bits per heavy atom. The first-order chi connectivity index (χ1) is 9.54. The molecule has 2 rings (SSSR count). The molecule has 6 heteroatoms. The van der Waals surface area contributed by atoms with E-state index in [9.17, 15) is 4.79 Å². The molecule has 1 saturated heterocycles. The molecule has 20 heavy (non-hydrogen) atoms. The predicted octanol–water partition coefficient (Wildman–Crippen LogP) is 2.57. The van der Waals surface area contributed by atoms with E-state index in [0.717, 1.165) is 36.9 Å². The summed E-state index contributed by atoms with van der Waals surface area (Å²) in [7, 11) is 0. The number of hydrogen-bond acceptors (Lipinski definition) is 6. The molecule has 2 heterocycles. The molecule has 1 aromatic heterocycles. The maximum absolute atomic E-state index is 12.0. The van der Waals surface area contributed by atoms with Crippen LogP contribution in [0.15, 0.2) is 5.38 Å². The third kappa shape index (κ3) is 3.49. The zero-order valence-electron chi connectivity index (χ0n) is 12.3. The lowest BCUT2D eigenvalue weighted by molar-refractivity contribution is -0.148. The summed E-state index contributed by atoms with van der Waals surface area (Å²) in [6.07, 6.45) is 2.17. The third-order valence-electron chi connectivity index (χ3n) is 3.42. The lowest BCUT2D eigenvalue weighted by Crippen LogP contribution is -2.32. The summed E-state index contributed by atoms with van der Waals surface area (Å²) in [5.74, 6) is -0.238. The molecule has 0 amide bonds. The van der Waals surface area contributed by atoms with Crippen molar-refractivity contribution in [2.75, 3.05) is 25.1 Å². The molecule has 5 nitrogen and oxygen atoms in total. The minimum Gasteiger partial charge on any atom is -0.465 e. The van der Waals surface area contributed by atoms with Gasteiger partial charge in [-0.25, -0.2) is 4.98 Å². The highest BCUT2D eigenvalue weighted by molar-refractivity contribution is 7.13. The Balaban J connectivity index is 2.02. The van der Waals surface area contributed by atoms with Crippen LogP contribution >= 0.6 is 11.3 Å². The fraction of sp³-hybridized carbons (Fsp3) is 0.714. The third-order valence-corrected chi connectivity index (χ3v) is 4.19. The van der Waals surface area contributed by atoms with Gasteiger partial charge in [-0.2, -0.15) is 0 Å². The Morgan fingerprint density at radius 3 is 3.10 bits per heavy atom. The van der Waals surface area contributed by atoms with Gasteiger partial charge in [0.2, 0.25) is 0 Å². The number of rotatable bonds is 5. The molecule has 0 radical (unpaired) electrons. The molecule has 0 aromatic carbocycles. The number of ether oxygens (including phenoxy) is 2. The molecular formula is C14H22N2O3S. The fourth-order valence-electron chi connectivity index (χ4n) is 2.07. The van der Waals surface area contributed by atoms with Gasteiger partial charge in [0.15, 0.2) is 5.13 Å². The van der Waals surface area contributed by atoms with Gasteiger partial charge in [0, 0.05) is 12.0 Å². The van der Waals surface area contributed by atoms with E-state index in [2.05, 4.69) is 10.3 Å². The highest BCUT2D eigenvalue weighted by Gasteiger charge is 2.34. The largest absolute Gasteiger partial charge is 0.465 e. The Hall–Kier alpha value is -1.14. The van der Waals surface area contributed by atoms with Gasteiger partial charge in [0.1, 0.15) is 5.41 Å². The smallest absolute Gasteiger partial charge is 0.317 e. The first-order valence-electron chi connectivity index (χ1n) is 7.01. The fourth-order valence-corrected chi connectivity index (χ4v) is 3.03. The van der Waals surface area contributed by atoms with Crippen molar-refractivity contribution in [3.05, 3.63) is 11.1 Å². The van der Waals surface area contributed by atoms with Gasteiger partial charge in [-0.05, 0) is 33.6 Å².